The van der Waals surface area contributed by atoms with Gasteiger partial charge < -0.3 is 15.3 Å². The van der Waals surface area contributed by atoms with Crippen molar-refractivity contribution in [2.45, 2.75) is 19.4 Å². The van der Waals surface area contributed by atoms with E-state index in [-0.39, 0.29) is 0 Å². The van der Waals surface area contributed by atoms with Crippen molar-refractivity contribution in [2.75, 3.05) is 29.9 Å². The van der Waals surface area contributed by atoms with Crippen LogP contribution in [0.15, 0.2) is 22.7 Å². The van der Waals surface area contributed by atoms with Gasteiger partial charge >= 0.3 is 0 Å². The van der Waals surface area contributed by atoms with Crippen LogP contribution in [0, 0.1) is 0 Å². The van der Waals surface area contributed by atoms with E-state index in [0.29, 0.717) is 6.54 Å². The lowest BCUT2D eigenvalue weighted by Gasteiger charge is -2.35. The SMILES string of the molecule is CC(C)(O)CN1CCNc2cc(Br)ccc21. The van der Waals surface area contributed by atoms with E-state index in [2.05, 4.69) is 38.3 Å². The summed E-state index contributed by atoms with van der Waals surface area (Å²) in [7, 11) is 0. The maximum atomic E-state index is 9.88. The van der Waals surface area contributed by atoms with Crippen molar-refractivity contribution in [3.05, 3.63) is 22.7 Å². The summed E-state index contributed by atoms with van der Waals surface area (Å²) in [5.74, 6) is 0. The second-order valence-electron chi connectivity index (χ2n) is 4.82. The molecule has 0 unspecified atom stereocenters. The molecule has 1 aliphatic rings. The van der Waals surface area contributed by atoms with Gasteiger partial charge in [0, 0.05) is 24.1 Å². The second kappa shape index (κ2) is 4.26. The summed E-state index contributed by atoms with van der Waals surface area (Å²) < 4.78 is 1.07. The maximum absolute atomic E-state index is 9.88. The number of hydrogen-bond acceptors (Lipinski definition) is 3. The molecule has 2 N–H and O–H groups in total. The van der Waals surface area contributed by atoms with Gasteiger partial charge in [0.15, 0.2) is 0 Å². The summed E-state index contributed by atoms with van der Waals surface area (Å²) in [4.78, 5) is 2.22. The molecule has 88 valence electrons. The lowest BCUT2D eigenvalue weighted by molar-refractivity contribution is 0.0874. The van der Waals surface area contributed by atoms with Crippen LogP contribution in [0.25, 0.3) is 0 Å². The van der Waals surface area contributed by atoms with Crippen LogP contribution in [-0.2, 0) is 0 Å². The number of aliphatic hydroxyl groups is 1. The standard InChI is InChI=1S/C12H17BrN2O/c1-12(2,16)8-15-6-5-14-10-7-9(13)3-4-11(10)15/h3-4,7,14,16H,5-6,8H2,1-2H3. The number of nitrogens with one attached hydrogen (secondary N) is 1. The first-order valence-electron chi connectivity index (χ1n) is 5.46. The minimum atomic E-state index is -0.665. The number of β-amino-alcohol motifs (C(OH)–C–C–N with tert-alkyl or cyclic N) is 1. The Balaban J connectivity index is 2.26. The van der Waals surface area contributed by atoms with E-state index < -0.39 is 5.60 Å². The van der Waals surface area contributed by atoms with E-state index in [0.717, 1.165) is 28.9 Å². The van der Waals surface area contributed by atoms with Gasteiger partial charge in [-0.05, 0) is 32.0 Å². The van der Waals surface area contributed by atoms with Crippen LogP contribution in [0.1, 0.15) is 13.8 Å². The van der Waals surface area contributed by atoms with E-state index in [1.807, 2.05) is 19.9 Å². The highest BCUT2D eigenvalue weighted by molar-refractivity contribution is 9.10. The van der Waals surface area contributed by atoms with Crippen molar-refractivity contribution in [1.82, 2.24) is 0 Å². The van der Waals surface area contributed by atoms with Crippen LogP contribution < -0.4 is 10.2 Å². The normalized spacial score (nSPS) is 15.6. The van der Waals surface area contributed by atoms with Gasteiger partial charge in [0.05, 0.1) is 17.0 Å². The van der Waals surface area contributed by atoms with E-state index in [1.54, 1.807) is 0 Å². The smallest absolute Gasteiger partial charge is 0.0765 e. The summed E-state index contributed by atoms with van der Waals surface area (Å²) in [5.41, 5.74) is 1.63. The zero-order valence-corrected chi connectivity index (χ0v) is 11.2. The molecule has 0 fully saturated rings. The first kappa shape index (κ1) is 11.7. The number of halogens is 1. The van der Waals surface area contributed by atoms with E-state index >= 15 is 0 Å². The molecule has 0 atom stereocenters. The zero-order chi connectivity index (χ0) is 11.8. The maximum Gasteiger partial charge on any atom is 0.0765 e. The van der Waals surface area contributed by atoms with Gasteiger partial charge in [-0.1, -0.05) is 15.9 Å². The van der Waals surface area contributed by atoms with Gasteiger partial charge in [-0.3, -0.25) is 0 Å². The van der Waals surface area contributed by atoms with Crippen LogP contribution >= 0.6 is 15.9 Å². The van der Waals surface area contributed by atoms with Crippen LogP contribution in [0.3, 0.4) is 0 Å². The third kappa shape index (κ3) is 2.68. The van der Waals surface area contributed by atoms with Crippen molar-refractivity contribution in [3.63, 3.8) is 0 Å². The number of hydrogen-bond donors (Lipinski definition) is 2. The second-order valence-corrected chi connectivity index (χ2v) is 5.74. The predicted octanol–water partition coefficient (Wildman–Crippen LogP) is 2.45. The lowest BCUT2D eigenvalue weighted by atomic mass is 10.1. The van der Waals surface area contributed by atoms with Gasteiger partial charge in [-0.2, -0.15) is 0 Å². The molecule has 16 heavy (non-hydrogen) atoms. The molecule has 0 saturated heterocycles. The minimum Gasteiger partial charge on any atom is -0.389 e. The summed E-state index contributed by atoms with van der Waals surface area (Å²) in [6, 6.07) is 6.19. The number of nitrogens with zero attached hydrogens (tertiary/aromatic N) is 1. The zero-order valence-electron chi connectivity index (χ0n) is 9.63. The summed E-state index contributed by atoms with van der Waals surface area (Å²) >= 11 is 3.46. The molecule has 1 aromatic carbocycles. The molecule has 0 radical (unpaired) electrons. The molecule has 0 aliphatic carbocycles. The van der Waals surface area contributed by atoms with Crippen molar-refractivity contribution < 1.29 is 5.11 Å². The van der Waals surface area contributed by atoms with Gasteiger partial charge in [0.25, 0.3) is 0 Å². The van der Waals surface area contributed by atoms with Crippen molar-refractivity contribution in [3.8, 4) is 0 Å². The summed E-state index contributed by atoms with van der Waals surface area (Å²) in [6.07, 6.45) is 0. The molecule has 1 heterocycles. The first-order chi connectivity index (χ1) is 7.46. The molecule has 1 aliphatic heterocycles. The molecular weight excluding hydrogens is 268 g/mol. The quantitative estimate of drug-likeness (QED) is 0.876. The Morgan fingerprint density at radius 3 is 2.94 bits per heavy atom. The Bertz CT molecular complexity index is 387. The molecule has 0 saturated carbocycles. The van der Waals surface area contributed by atoms with E-state index in [9.17, 15) is 5.11 Å². The molecule has 3 nitrogen and oxygen atoms in total. The number of anilines is 2. The molecule has 0 amide bonds. The highest BCUT2D eigenvalue weighted by Crippen LogP contribution is 2.32. The highest BCUT2D eigenvalue weighted by Gasteiger charge is 2.22. The Kier molecular flexibility index (Phi) is 3.13. The lowest BCUT2D eigenvalue weighted by Crippen LogP contribution is -2.43. The molecule has 1 aromatic rings. The average molecular weight is 285 g/mol. The monoisotopic (exact) mass is 284 g/mol. The van der Waals surface area contributed by atoms with Crippen molar-refractivity contribution in [1.29, 1.82) is 0 Å². The molecule has 2 rings (SSSR count). The largest absolute Gasteiger partial charge is 0.389 e. The summed E-state index contributed by atoms with van der Waals surface area (Å²) in [5, 5.41) is 13.2. The highest BCUT2D eigenvalue weighted by atomic mass is 79.9. The van der Waals surface area contributed by atoms with Crippen molar-refractivity contribution in [2.24, 2.45) is 0 Å². The van der Waals surface area contributed by atoms with Crippen molar-refractivity contribution >= 4 is 27.3 Å². The van der Waals surface area contributed by atoms with E-state index in [1.165, 1.54) is 0 Å². The Hall–Kier alpha value is -0.740. The molecule has 0 bridgehead atoms. The summed E-state index contributed by atoms with van der Waals surface area (Å²) in [6.45, 7) is 6.18. The molecule has 0 aromatic heterocycles. The van der Waals surface area contributed by atoms with Gasteiger partial charge in [-0.25, -0.2) is 0 Å². The predicted molar refractivity (Wildman–Crippen MR) is 71.1 cm³/mol. The molecule has 4 heteroatoms. The Morgan fingerprint density at radius 2 is 2.25 bits per heavy atom. The fourth-order valence-electron chi connectivity index (χ4n) is 2.00. The van der Waals surface area contributed by atoms with Gasteiger partial charge in [0.1, 0.15) is 0 Å². The van der Waals surface area contributed by atoms with E-state index in [4.69, 9.17) is 0 Å². The van der Waals surface area contributed by atoms with Crippen LogP contribution in [0.5, 0.6) is 0 Å². The fourth-order valence-corrected chi connectivity index (χ4v) is 2.36. The third-order valence-corrected chi connectivity index (χ3v) is 3.07. The van der Waals surface area contributed by atoms with Crippen LogP contribution in [-0.4, -0.2) is 30.3 Å². The third-order valence-electron chi connectivity index (χ3n) is 2.57. The average Bonchev–Trinajstić information content (AvgIpc) is 2.15. The first-order valence-corrected chi connectivity index (χ1v) is 6.26. The fraction of sp³-hybridized carbons (Fsp3) is 0.500. The van der Waals surface area contributed by atoms with Crippen LogP contribution in [0.4, 0.5) is 11.4 Å². The van der Waals surface area contributed by atoms with Crippen LogP contribution in [0.2, 0.25) is 0 Å². The number of rotatable bonds is 2. The minimum absolute atomic E-state index is 0.656. The molecule has 0 spiro atoms. The Labute approximate surface area is 105 Å². The number of fused-ring (bicyclic) bond motifs is 1. The van der Waals surface area contributed by atoms with Gasteiger partial charge in [-0.15, -0.1) is 0 Å². The molecular formula is C12H17BrN2O. The van der Waals surface area contributed by atoms with Gasteiger partial charge in [0.2, 0.25) is 0 Å². The topological polar surface area (TPSA) is 35.5 Å². The number of benzene rings is 1. The Morgan fingerprint density at radius 1 is 1.50 bits per heavy atom.